The summed E-state index contributed by atoms with van der Waals surface area (Å²) in [4.78, 5) is 11.1. The Kier molecular flexibility index (Phi) is 5.30. The van der Waals surface area contributed by atoms with Gasteiger partial charge in [0.05, 0.1) is 17.7 Å². The maximum atomic E-state index is 5.96. The van der Waals surface area contributed by atoms with Gasteiger partial charge in [-0.3, -0.25) is 0 Å². The monoisotopic (exact) mass is 353 g/mol. The Morgan fingerprint density at radius 1 is 1.12 bits per heavy atom. The van der Waals surface area contributed by atoms with Gasteiger partial charge in [0.25, 0.3) is 0 Å². The van der Waals surface area contributed by atoms with Crippen molar-refractivity contribution in [2.75, 3.05) is 7.11 Å². The minimum absolute atomic E-state index is 0.327. The lowest BCUT2D eigenvalue weighted by Gasteiger charge is -2.03. The van der Waals surface area contributed by atoms with Crippen LogP contribution in [0.2, 0.25) is 0 Å². The van der Waals surface area contributed by atoms with Gasteiger partial charge in [-0.15, -0.1) is 11.3 Å². The first-order chi connectivity index (χ1) is 12.2. The van der Waals surface area contributed by atoms with Crippen LogP contribution < -0.4 is 10.5 Å². The van der Waals surface area contributed by atoms with Gasteiger partial charge in [-0.25, -0.2) is 4.98 Å². The van der Waals surface area contributed by atoms with Crippen molar-refractivity contribution < 1.29 is 9.57 Å². The van der Waals surface area contributed by atoms with Crippen molar-refractivity contribution in [1.82, 2.24) is 4.98 Å². The number of thiazole rings is 1. The second kappa shape index (κ2) is 7.81. The lowest BCUT2D eigenvalue weighted by molar-refractivity contribution is 0.132. The highest BCUT2D eigenvalue weighted by atomic mass is 32.1. The van der Waals surface area contributed by atoms with E-state index in [2.05, 4.69) is 10.1 Å². The Morgan fingerprint density at radius 2 is 1.84 bits per heavy atom. The number of amidine groups is 1. The van der Waals surface area contributed by atoms with E-state index in [1.807, 2.05) is 61.5 Å². The minimum Gasteiger partial charge on any atom is -0.497 e. The lowest BCUT2D eigenvalue weighted by atomic mass is 10.2. The third kappa shape index (κ3) is 4.16. The van der Waals surface area contributed by atoms with Crippen LogP contribution in [-0.2, 0) is 11.4 Å². The van der Waals surface area contributed by atoms with Crippen LogP contribution in [0.5, 0.6) is 5.75 Å². The first kappa shape index (κ1) is 17.0. The number of aromatic nitrogens is 1. The number of benzene rings is 2. The second-order valence-electron chi connectivity index (χ2n) is 5.37. The van der Waals surface area contributed by atoms with Crippen molar-refractivity contribution in [3.63, 3.8) is 0 Å². The molecule has 0 aliphatic heterocycles. The average molecular weight is 353 g/mol. The molecule has 0 aliphatic rings. The van der Waals surface area contributed by atoms with Gasteiger partial charge in [-0.05, 0) is 31.2 Å². The molecule has 5 nitrogen and oxygen atoms in total. The molecule has 1 aromatic heterocycles. The van der Waals surface area contributed by atoms with Crippen LogP contribution in [0.3, 0.4) is 0 Å². The van der Waals surface area contributed by atoms with Gasteiger partial charge in [-0.1, -0.05) is 35.5 Å². The summed E-state index contributed by atoms with van der Waals surface area (Å²) in [5.41, 5.74) is 8.79. The zero-order valence-electron chi connectivity index (χ0n) is 14.1. The number of hydrogen-bond acceptors (Lipinski definition) is 5. The molecule has 25 heavy (non-hydrogen) atoms. The third-order valence-corrected chi connectivity index (χ3v) is 4.84. The molecule has 0 atom stereocenters. The number of oxime groups is 1. The predicted octanol–water partition coefficient (Wildman–Crippen LogP) is 3.96. The van der Waals surface area contributed by atoms with E-state index in [4.69, 9.17) is 15.3 Å². The van der Waals surface area contributed by atoms with Gasteiger partial charge in [0, 0.05) is 11.1 Å². The molecule has 0 bridgehead atoms. The fourth-order valence-corrected chi connectivity index (χ4v) is 3.22. The smallest absolute Gasteiger partial charge is 0.170 e. The first-order valence-electron chi connectivity index (χ1n) is 7.79. The molecule has 2 N–H and O–H groups in total. The van der Waals surface area contributed by atoms with Crippen molar-refractivity contribution in [3.8, 4) is 16.3 Å². The number of nitrogens with zero attached hydrogens (tertiary/aromatic N) is 2. The number of ether oxygens (including phenoxy) is 1. The molecule has 1 heterocycles. The number of aryl methyl sites for hydroxylation is 1. The Bertz CT molecular complexity index is 858. The first-order valence-corrected chi connectivity index (χ1v) is 8.60. The molecule has 3 rings (SSSR count). The average Bonchev–Trinajstić information content (AvgIpc) is 3.03. The molecule has 0 fully saturated rings. The summed E-state index contributed by atoms with van der Waals surface area (Å²) in [6.07, 6.45) is 0. The van der Waals surface area contributed by atoms with Gasteiger partial charge >= 0.3 is 0 Å². The van der Waals surface area contributed by atoms with Crippen LogP contribution in [0.1, 0.15) is 16.1 Å². The molecule has 0 aliphatic carbocycles. The lowest BCUT2D eigenvalue weighted by Crippen LogP contribution is -2.13. The minimum atomic E-state index is 0.327. The largest absolute Gasteiger partial charge is 0.497 e. The van der Waals surface area contributed by atoms with Crippen molar-refractivity contribution in [2.45, 2.75) is 13.5 Å². The quantitative estimate of drug-likeness (QED) is 0.414. The van der Waals surface area contributed by atoms with E-state index in [0.717, 1.165) is 32.5 Å². The topological polar surface area (TPSA) is 69.7 Å². The molecule has 0 unspecified atom stereocenters. The molecule has 0 radical (unpaired) electrons. The Morgan fingerprint density at radius 3 is 2.52 bits per heavy atom. The predicted molar refractivity (Wildman–Crippen MR) is 101 cm³/mol. The van der Waals surface area contributed by atoms with Crippen LogP contribution in [0.15, 0.2) is 59.8 Å². The van der Waals surface area contributed by atoms with E-state index in [-0.39, 0.29) is 0 Å². The fourth-order valence-electron chi connectivity index (χ4n) is 2.24. The standard InChI is InChI=1S/C19H19N3O2S/c1-13-17(25-19(21-13)15-6-4-3-5-7-15)12-24-22-18(20)14-8-10-16(23-2)11-9-14/h3-11H,12H2,1-2H3,(H2,20,22). The van der Waals surface area contributed by atoms with Crippen LogP contribution in [0, 0.1) is 6.92 Å². The zero-order chi connectivity index (χ0) is 17.6. The summed E-state index contributed by atoms with van der Waals surface area (Å²) in [6.45, 7) is 2.31. The summed E-state index contributed by atoms with van der Waals surface area (Å²) in [5.74, 6) is 1.10. The van der Waals surface area contributed by atoms with E-state index in [9.17, 15) is 0 Å². The third-order valence-electron chi connectivity index (χ3n) is 3.66. The highest BCUT2D eigenvalue weighted by Gasteiger charge is 2.10. The van der Waals surface area contributed by atoms with Crippen molar-refractivity contribution >= 4 is 17.2 Å². The molecule has 3 aromatic rings. The maximum Gasteiger partial charge on any atom is 0.170 e. The molecule has 128 valence electrons. The Hall–Kier alpha value is -2.86. The number of hydrogen-bond donors (Lipinski definition) is 1. The van der Waals surface area contributed by atoms with E-state index in [1.165, 1.54) is 0 Å². The Balaban J connectivity index is 1.66. The van der Waals surface area contributed by atoms with Gasteiger partial charge in [-0.2, -0.15) is 0 Å². The van der Waals surface area contributed by atoms with E-state index in [1.54, 1.807) is 18.4 Å². The highest BCUT2D eigenvalue weighted by Crippen LogP contribution is 2.28. The van der Waals surface area contributed by atoms with Crippen molar-refractivity contribution in [3.05, 3.63) is 70.7 Å². The summed E-state index contributed by atoms with van der Waals surface area (Å²) in [7, 11) is 1.62. The van der Waals surface area contributed by atoms with E-state index >= 15 is 0 Å². The normalized spacial score (nSPS) is 11.4. The summed E-state index contributed by atoms with van der Waals surface area (Å²) in [5, 5.41) is 4.98. The molecule has 2 aromatic carbocycles. The second-order valence-corrected chi connectivity index (χ2v) is 6.46. The molecule has 0 saturated heterocycles. The molecule has 0 saturated carbocycles. The van der Waals surface area contributed by atoms with Crippen molar-refractivity contribution in [1.29, 1.82) is 0 Å². The van der Waals surface area contributed by atoms with Crippen LogP contribution in [-0.4, -0.2) is 17.9 Å². The van der Waals surface area contributed by atoms with Gasteiger partial charge in [0.15, 0.2) is 12.4 Å². The van der Waals surface area contributed by atoms with Crippen LogP contribution >= 0.6 is 11.3 Å². The van der Waals surface area contributed by atoms with E-state index < -0.39 is 0 Å². The summed E-state index contributed by atoms with van der Waals surface area (Å²) >= 11 is 1.60. The highest BCUT2D eigenvalue weighted by molar-refractivity contribution is 7.15. The van der Waals surface area contributed by atoms with Gasteiger partial charge in [0.2, 0.25) is 0 Å². The SMILES string of the molecule is COc1ccc(/C(N)=N/OCc2sc(-c3ccccc3)nc2C)cc1. The summed E-state index contributed by atoms with van der Waals surface area (Å²) in [6, 6.07) is 17.4. The van der Waals surface area contributed by atoms with E-state index in [0.29, 0.717) is 12.4 Å². The molecule has 0 spiro atoms. The molecule has 6 heteroatoms. The van der Waals surface area contributed by atoms with Gasteiger partial charge in [0.1, 0.15) is 10.8 Å². The molecular weight excluding hydrogens is 334 g/mol. The number of methoxy groups -OCH3 is 1. The fraction of sp³-hybridized carbons (Fsp3) is 0.158. The zero-order valence-corrected chi connectivity index (χ0v) is 14.9. The van der Waals surface area contributed by atoms with Crippen LogP contribution in [0.25, 0.3) is 10.6 Å². The molecular formula is C19H19N3O2S. The summed E-state index contributed by atoms with van der Waals surface area (Å²) < 4.78 is 5.12. The van der Waals surface area contributed by atoms with Crippen LogP contribution in [0.4, 0.5) is 0 Å². The van der Waals surface area contributed by atoms with Crippen molar-refractivity contribution in [2.24, 2.45) is 10.9 Å². The Labute approximate surface area is 150 Å². The number of nitrogens with two attached hydrogens (primary N) is 1. The number of rotatable bonds is 6. The maximum absolute atomic E-state index is 5.96. The molecule has 0 amide bonds. The van der Waals surface area contributed by atoms with Gasteiger partial charge < -0.3 is 15.3 Å².